The van der Waals surface area contributed by atoms with Crippen molar-refractivity contribution in [2.24, 2.45) is 0 Å². The number of aldehydes is 1. The Morgan fingerprint density at radius 3 is 3.08 bits per heavy atom. The van der Waals surface area contributed by atoms with E-state index in [-0.39, 0.29) is 0 Å². The molecule has 2 rings (SSSR count). The standard InChI is InChI=1S/C8H6N4O/c13-3-1-2-6-7-8(11-4-9-6)12-5-10-7/h1-5H,(H,9,10,11,12). The summed E-state index contributed by atoms with van der Waals surface area (Å²) in [6, 6.07) is 0. The van der Waals surface area contributed by atoms with Crippen LogP contribution in [0, 0.1) is 0 Å². The zero-order valence-electron chi connectivity index (χ0n) is 6.64. The van der Waals surface area contributed by atoms with E-state index in [0.717, 1.165) is 5.52 Å². The number of nitrogens with zero attached hydrogens (tertiary/aromatic N) is 3. The third-order valence-corrected chi connectivity index (χ3v) is 1.58. The molecule has 0 saturated carbocycles. The number of hydrogen-bond acceptors (Lipinski definition) is 4. The largest absolute Gasteiger partial charge is 0.341 e. The first-order chi connectivity index (χ1) is 6.42. The molecule has 0 amide bonds. The van der Waals surface area contributed by atoms with Gasteiger partial charge in [-0.25, -0.2) is 15.0 Å². The summed E-state index contributed by atoms with van der Waals surface area (Å²) in [7, 11) is 0. The first-order valence-electron chi connectivity index (χ1n) is 3.68. The van der Waals surface area contributed by atoms with Crippen molar-refractivity contribution in [3.63, 3.8) is 0 Å². The lowest BCUT2D eigenvalue weighted by Gasteiger charge is -1.91. The summed E-state index contributed by atoms with van der Waals surface area (Å²) in [6.07, 6.45) is 6.63. The van der Waals surface area contributed by atoms with Gasteiger partial charge in [0.1, 0.15) is 18.1 Å². The van der Waals surface area contributed by atoms with Crippen LogP contribution in [0.2, 0.25) is 0 Å². The van der Waals surface area contributed by atoms with Crippen LogP contribution >= 0.6 is 0 Å². The van der Waals surface area contributed by atoms with E-state index in [0.29, 0.717) is 17.6 Å². The maximum absolute atomic E-state index is 10.1. The summed E-state index contributed by atoms with van der Waals surface area (Å²) < 4.78 is 0. The van der Waals surface area contributed by atoms with Gasteiger partial charge in [0, 0.05) is 0 Å². The van der Waals surface area contributed by atoms with E-state index in [1.807, 2.05) is 0 Å². The summed E-state index contributed by atoms with van der Waals surface area (Å²) in [5, 5.41) is 0. The maximum Gasteiger partial charge on any atom is 0.181 e. The number of imidazole rings is 1. The Morgan fingerprint density at radius 2 is 2.23 bits per heavy atom. The van der Waals surface area contributed by atoms with Gasteiger partial charge in [0.25, 0.3) is 0 Å². The van der Waals surface area contributed by atoms with Crippen molar-refractivity contribution in [1.82, 2.24) is 19.9 Å². The highest BCUT2D eigenvalue weighted by molar-refractivity contribution is 5.83. The topological polar surface area (TPSA) is 71.5 Å². The van der Waals surface area contributed by atoms with Gasteiger partial charge in [0.05, 0.1) is 12.0 Å². The maximum atomic E-state index is 10.1. The molecule has 5 nitrogen and oxygen atoms in total. The molecule has 5 heteroatoms. The Hall–Kier alpha value is -2.04. The second-order valence-corrected chi connectivity index (χ2v) is 2.36. The Kier molecular flexibility index (Phi) is 1.84. The fraction of sp³-hybridized carbons (Fsp3) is 0. The minimum absolute atomic E-state index is 0.598. The van der Waals surface area contributed by atoms with Gasteiger partial charge in [-0.3, -0.25) is 4.79 Å². The molecule has 0 aliphatic heterocycles. The fourth-order valence-corrected chi connectivity index (χ4v) is 1.04. The molecule has 0 spiro atoms. The molecule has 2 aromatic rings. The van der Waals surface area contributed by atoms with Gasteiger partial charge in [-0.05, 0) is 12.2 Å². The molecule has 0 unspecified atom stereocenters. The van der Waals surface area contributed by atoms with Crippen molar-refractivity contribution in [2.75, 3.05) is 0 Å². The molecule has 0 aliphatic rings. The number of nitrogens with one attached hydrogen (secondary N) is 1. The molecule has 0 fully saturated rings. The van der Waals surface area contributed by atoms with Gasteiger partial charge in [0.15, 0.2) is 5.65 Å². The fourth-order valence-electron chi connectivity index (χ4n) is 1.04. The molecule has 2 aromatic heterocycles. The van der Waals surface area contributed by atoms with E-state index in [1.165, 1.54) is 18.7 Å². The highest BCUT2D eigenvalue weighted by Gasteiger charge is 2.00. The Balaban J connectivity index is 2.60. The van der Waals surface area contributed by atoms with Crippen molar-refractivity contribution in [1.29, 1.82) is 0 Å². The number of aromatic nitrogens is 4. The van der Waals surface area contributed by atoms with E-state index in [9.17, 15) is 4.79 Å². The van der Waals surface area contributed by atoms with Crippen molar-refractivity contribution < 1.29 is 4.79 Å². The third kappa shape index (κ3) is 1.31. The van der Waals surface area contributed by atoms with Crippen LogP contribution in [0.25, 0.3) is 17.2 Å². The predicted molar refractivity (Wildman–Crippen MR) is 46.8 cm³/mol. The van der Waals surface area contributed by atoms with Gasteiger partial charge >= 0.3 is 0 Å². The zero-order valence-corrected chi connectivity index (χ0v) is 6.64. The van der Waals surface area contributed by atoms with Gasteiger partial charge in [-0.2, -0.15) is 0 Å². The lowest BCUT2D eigenvalue weighted by molar-refractivity contribution is -0.104. The van der Waals surface area contributed by atoms with Crippen molar-refractivity contribution >= 4 is 23.5 Å². The minimum Gasteiger partial charge on any atom is -0.341 e. The number of fused-ring (bicyclic) bond motifs is 1. The first-order valence-corrected chi connectivity index (χ1v) is 3.68. The van der Waals surface area contributed by atoms with Crippen LogP contribution in [-0.4, -0.2) is 26.2 Å². The number of carbonyl (C=O) groups excluding carboxylic acids is 1. The molecule has 0 aliphatic carbocycles. The summed E-state index contributed by atoms with van der Waals surface area (Å²) in [4.78, 5) is 24.9. The molecule has 1 N–H and O–H groups in total. The highest BCUT2D eigenvalue weighted by atomic mass is 16.1. The summed E-state index contributed by atoms with van der Waals surface area (Å²) >= 11 is 0. The highest BCUT2D eigenvalue weighted by Crippen LogP contribution is 2.09. The van der Waals surface area contributed by atoms with E-state index in [2.05, 4.69) is 19.9 Å². The minimum atomic E-state index is 0.598. The molecule has 0 radical (unpaired) electrons. The van der Waals surface area contributed by atoms with Crippen LogP contribution in [0.5, 0.6) is 0 Å². The number of aromatic amines is 1. The summed E-state index contributed by atoms with van der Waals surface area (Å²) in [5.74, 6) is 0. The second-order valence-electron chi connectivity index (χ2n) is 2.36. The Bertz CT molecular complexity index is 460. The molecule has 0 atom stereocenters. The molecular formula is C8H6N4O. The molecular weight excluding hydrogens is 168 g/mol. The van der Waals surface area contributed by atoms with Gasteiger partial charge < -0.3 is 4.98 Å². The van der Waals surface area contributed by atoms with Crippen molar-refractivity contribution in [2.45, 2.75) is 0 Å². The lowest BCUT2D eigenvalue weighted by Crippen LogP contribution is -1.86. The Labute approximate surface area is 73.5 Å². The molecule has 0 bridgehead atoms. The average molecular weight is 174 g/mol. The molecule has 0 saturated heterocycles. The van der Waals surface area contributed by atoms with Crippen LogP contribution in [0.4, 0.5) is 0 Å². The average Bonchev–Trinajstić information content (AvgIpc) is 2.62. The van der Waals surface area contributed by atoms with E-state index in [1.54, 1.807) is 6.08 Å². The molecule has 0 aromatic carbocycles. The molecule has 13 heavy (non-hydrogen) atoms. The van der Waals surface area contributed by atoms with Crippen LogP contribution in [-0.2, 0) is 4.79 Å². The van der Waals surface area contributed by atoms with Crippen LogP contribution in [0.15, 0.2) is 18.7 Å². The van der Waals surface area contributed by atoms with E-state index in [4.69, 9.17) is 0 Å². The predicted octanol–water partition coefficient (Wildman–Crippen LogP) is 0.565. The number of carbonyl (C=O) groups is 1. The quantitative estimate of drug-likeness (QED) is 0.533. The number of H-pyrrole nitrogens is 1. The smallest absolute Gasteiger partial charge is 0.181 e. The van der Waals surface area contributed by atoms with Crippen molar-refractivity contribution in [3.8, 4) is 0 Å². The van der Waals surface area contributed by atoms with Gasteiger partial charge in [0.2, 0.25) is 0 Å². The van der Waals surface area contributed by atoms with Gasteiger partial charge in [-0.1, -0.05) is 0 Å². The SMILES string of the molecule is O=CC=Cc1ncnc2nc[nH]c12. The van der Waals surface area contributed by atoms with Crippen LogP contribution in [0.1, 0.15) is 5.69 Å². The normalized spacial score (nSPS) is 11.1. The number of allylic oxidation sites excluding steroid dienone is 1. The summed E-state index contributed by atoms with van der Waals surface area (Å²) in [6.45, 7) is 0. The molecule has 2 heterocycles. The zero-order chi connectivity index (χ0) is 9.10. The van der Waals surface area contributed by atoms with E-state index >= 15 is 0 Å². The van der Waals surface area contributed by atoms with E-state index < -0.39 is 0 Å². The van der Waals surface area contributed by atoms with Crippen LogP contribution in [0.3, 0.4) is 0 Å². The Morgan fingerprint density at radius 1 is 1.31 bits per heavy atom. The van der Waals surface area contributed by atoms with Crippen LogP contribution < -0.4 is 0 Å². The number of hydrogen-bond donors (Lipinski definition) is 1. The monoisotopic (exact) mass is 174 g/mol. The number of rotatable bonds is 2. The van der Waals surface area contributed by atoms with Crippen molar-refractivity contribution in [3.05, 3.63) is 24.4 Å². The first kappa shape index (κ1) is 7.60. The van der Waals surface area contributed by atoms with Gasteiger partial charge in [-0.15, -0.1) is 0 Å². The lowest BCUT2D eigenvalue weighted by atomic mass is 10.3. The molecule has 64 valence electrons. The third-order valence-electron chi connectivity index (χ3n) is 1.58. The summed E-state index contributed by atoms with van der Waals surface area (Å²) in [5.41, 5.74) is 2.00. The second kappa shape index (κ2) is 3.14.